The fraction of sp³-hybridized carbons (Fsp3) is 0.0769. The van der Waals surface area contributed by atoms with Gasteiger partial charge in [0.15, 0.2) is 0 Å². The van der Waals surface area contributed by atoms with Gasteiger partial charge in [0.05, 0.1) is 6.61 Å². The Balaban J connectivity index is 2.60. The van der Waals surface area contributed by atoms with Crippen molar-refractivity contribution in [2.75, 3.05) is 0 Å². The van der Waals surface area contributed by atoms with Gasteiger partial charge in [-0.2, -0.15) is 0 Å². The molecule has 88 valence electrons. The summed E-state index contributed by atoms with van der Waals surface area (Å²) in [5.41, 5.74) is 2.32. The van der Waals surface area contributed by atoms with Gasteiger partial charge < -0.3 is 10.2 Å². The largest absolute Gasteiger partial charge is 0.507 e. The van der Waals surface area contributed by atoms with Crippen LogP contribution in [0.4, 0.5) is 0 Å². The van der Waals surface area contributed by atoms with Crippen molar-refractivity contribution in [1.82, 2.24) is 0 Å². The second kappa shape index (κ2) is 5.21. The first-order valence-corrected chi connectivity index (χ1v) is 6.58. The Labute approximate surface area is 116 Å². The van der Waals surface area contributed by atoms with E-state index in [0.717, 1.165) is 20.1 Å². The maximum Gasteiger partial charge on any atom is 0.124 e. The summed E-state index contributed by atoms with van der Waals surface area (Å²) < 4.78 is 1.73. The predicted octanol–water partition coefficient (Wildman–Crippen LogP) is 4.08. The molecule has 0 saturated carbocycles. The summed E-state index contributed by atoms with van der Waals surface area (Å²) in [6, 6.07) is 10.9. The van der Waals surface area contributed by atoms with Crippen LogP contribution in [0.3, 0.4) is 0 Å². The lowest BCUT2D eigenvalue weighted by Crippen LogP contribution is -1.90. The number of rotatable bonds is 2. The summed E-state index contributed by atoms with van der Waals surface area (Å²) in [5.74, 6) is 0.191. The Kier molecular flexibility index (Phi) is 3.86. The van der Waals surface area contributed by atoms with Gasteiger partial charge in [-0.1, -0.05) is 37.9 Å². The molecule has 2 rings (SSSR count). The summed E-state index contributed by atoms with van der Waals surface area (Å²) >= 11 is 6.66. The van der Waals surface area contributed by atoms with E-state index in [2.05, 4.69) is 31.9 Å². The molecule has 2 N–H and O–H groups in total. The lowest BCUT2D eigenvalue weighted by molar-refractivity contribution is 0.282. The monoisotopic (exact) mass is 356 g/mol. The van der Waals surface area contributed by atoms with Gasteiger partial charge in [-0.05, 0) is 41.5 Å². The molecule has 0 atom stereocenters. The topological polar surface area (TPSA) is 40.5 Å². The highest BCUT2D eigenvalue weighted by atomic mass is 79.9. The van der Waals surface area contributed by atoms with E-state index in [1.54, 1.807) is 6.07 Å². The van der Waals surface area contributed by atoms with E-state index in [-0.39, 0.29) is 12.4 Å². The zero-order chi connectivity index (χ0) is 12.4. The number of hydrogen-bond acceptors (Lipinski definition) is 2. The van der Waals surface area contributed by atoms with Gasteiger partial charge in [0.1, 0.15) is 5.75 Å². The summed E-state index contributed by atoms with van der Waals surface area (Å²) in [6.07, 6.45) is 0. The smallest absolute Gasteiger partial charge is 0.124 e. The number of hydrogen-bond donors (Lipinski definition) is 2. The van der Waals surface area contributed by atoms with Crippen LogP contribution in [0.2, 0.25) is 0 Å². The van der Waals surface area contributed by atoms with Crippen molar-refractivity contribution in [3.63, 3.8) is 0 Å². The van der Waals surface area contributed by atoms with E-state index in [9.17, 15) is 10.2 Å². The molecule has 2 nitrogen and oxygen atoms in total. The van der Waals surface area contributed by atoms with Gasteiger partial charge in [0.25, 0.3) is 0 Å². The molecule has 0 aliphatic heterocycles. The Bertz CT molecular complexity index is 553. The van der Waals surface area contributed by atoms with E-state index in [0.29, 0.717) is 5.56 Å². The zero-order valence-electron chi connectivity index (χ0n) is 8.82. The zero-order valence-corrected chi connectivity index (χ0v) is 12.0. The molecule has 0 saturated heterocycles. The standard InChI is InChI=1S/C13H10Br2O2/c14-9-1-3-11(8(5-9)7-16)12-4-2-10(15)6-13(12)17/h1-6,16-17H,7H2. The Hall–Kier alpha value is -0.840. The van der Waals surface area contributed by atoms with Crippen LogP contribution in [0.25, 0.3) is 11.1 Å². The number of phenols is 1. The molecule has 0 aliphatic carbocycles. The number of phenolic OH excluding ortho intramolecular Hbond substituents is 1. The van der Waals surface area contributed by atoms with Gasteiger partial charge in [0, 0.05) is 14.5 Å². The van der Waals surface area contributed by atoms with Crippen LogP contribution in [0, 0.1) is 0 Å². The molecule has 0 amide bonds. The number of halogens is 2. The fourth-order valence-corrected chi connectivity index (χ4v) is 2.45. The molecule has 17 heavy (non-hydrogen) atoms. The number of aromatic hydroxyl groups is 1. The Morgan fingerprint density at radius 3 is 2.06 bits per heavy atom. The van der Waals surface area contributed by atoms with Crippen molar-refractivity contribution in [1.29, 1.82) is 0 Å². The highest BCUT2D eigenvalue weighted by Crippen LogP contribution is 2.34. The molecule has 0 aliphatic rings. The van der Waals surface area contributed by atoms with E-state index in [4.69, 9.17) is 0 Å². The van der Waals surface area contributed by atoms with Gasteiger partial charge >= 0.3 is 0 Å². The minimum Gasteiger partial charge on any atom is -0.507 e. The van der Waals surface area contributed by atoms with Crippen LogP contribution >= 0.6 is 31.9 Å². The van der Waals surface area contributed by atoms with Gasteiger partial charge in [0.2, 0.25) is 0 Å². The van der Waals surface area contributed by atoms with Crippen LogP contribution in [0.15, 0.2) is 45.3 Å². The van der Waals surface area contributed by atoms with E-state index >= 15 is 0 Å². The summed E-state index contributed by atoms with van der Waals surface area (Å²) in [5, 5.41) is 19.2. The van der Waals surface area contributed by atoms with Crippen molar-refractivity contribution < 1.29 is 10.2 Å². The molecule has 0 unspecified atom stereocenters. The van der Waals surface area contributed by atoms with Crippen LogP contribution in [-0.4, -0.2) is 10.2 Å². The quantitative estimate of drug-likeness (QED) is 0.850. The molecule has 0 heterocycles. The minimum atomic E-state index is -0.0652. The molecule has 0 bridgehead atoms. The average Bonchev–Trinajstić information content (AvgIpc) is 2.30. The predicted molar refractivity (Wildman–Crippen MR) is 74.9 cm³/mol. The van der Waals surface area contributed by atoms with Crippen LogP contribution in [0.1, 0.15) is 5.56 Å². The van der Waals surface area contributed by atoms with E-state index in [1.807, 2.05) is 30.3 Å². The molecular formula is C13H10Br2O2. The third-order valence-electron chi connectivity index (χ3n) is 2.49. The molecule has 0 aromatic heterocycles. The lowest BCUT2D eigenvalue weighted by Gasteiger charge is -2.10. The molecule has 4 heteroatoms. The Morgan fingerprint density at radius 1 is 0.882 bits per heavy atom. The molecule has 0 fully saturated rings. The summed E-state index contributed by atoms with van der Waals surface area (Å²) in [4.78, 5) is 0. The molecule has 0 radical (unpaired) electrons. The third kappa shape index (κ3) is 2.70. The molecule has 2 aromatic carbocycles. The SMILES string of the molecule is OCc1cc(Br)ccc1-c1ccc(Br)cc1O. The second-order valence-corrected chi connectivity index (χ2v) is 5.45. The third-order valence-corrected chi connectivity index (χ3v) is 3.47. The van der Waals surface area contributed by atoms with Crippen LogP contribution < -0.4 is 0 Å². The fourth-order valence-electron chi connectivity index (χ4n) is 1.69. The van der Waals surface area contributed by atoms with Crippen molar-refractivity contribution in [3.8, 4) is 16.9 Å². The van der Waals surface area contributed by atoms with Crippen molar-refractivity contribution >= 4 is 31.9 Å². The summed E-state index contributed by atoms with van der Waals surface area (Å²) in [7, 11) is 0. The normalized spacial score (nSPS) is 10.5. The van der Waals surface area contributed by atoms with Gasteiger partial charge in [-0.15, -0.1) is 0 Å². The molecular weight excluding hydrogens is 348 g/mol. The first kappa shape index (κ1) is 12.6. The second-order valence-electron chi connectivity index (χ2n) is 3.62. The van der Waals surface area contributed by atoms with Crippen molar-refractivity contribution in [2.24, 2.45) is 0 Å². The lowest BCUT2D eigenvalue weighted by atomic mass is 9.99. The highest BCUT2D eigenvalue weighted by molar-refractivity contribution is 9.10. The Morgan fingerprint density at radius 2 is 1.47 bits per heavy atom. The first-order chi connectivity index (χ1) is 8.11. The first-order valence-electron chi connectivity index (χ1n) is 5.00. The van der Waals surface area contributed by atoms with E-state index in [1.165, 1.54) is 0 Å². The van der Waals surface area contributed by atoms with E-state index < -0.39 is 0 Å². The number of aliphatic hydroxyl groups is 1. The van der Waals surface area contributed by atoms with Crippen molar-refractivity contribution in [2.45, 2.75) is 6.61 Å². The minimum absolute atomic E-state index is 0.0652. The average molecular weight is 358 g/mol. The number of aliphatic hydroxyl groups excluding tert-OH is 1. The van der Waals surface area contributed by atoms with Gasteiger partial charge in [-0.3, -0.25) is 0 Å². The van der Waals surface area contributed by atoms with Gasteiger partial charge in [-0.25, -0.2) is 0 Å². The van der Waals surface area contributed by atoms with Crippen molar-refractivity contribution in [3.05, 3.63) is 50.9 Å². The van der Waals surface area contributed by atoms with Crippen LogP contribution in [-0.2, 0) is 6.61 Å². The molecule has 0 spiro atoms. The maximum absolute atomic E-state index is 9.91. The highest BCUT2D eigenvalue weighted by Gasteiger charge is 2.09. The van der Waals surface area contributed by atoms with Crippen LogP contribution in [0.5, 0.6) is 5.75 Å². The maximum atomic E-state index is 9.91. The molecule has 2 aromatic rings. The number of benzene rings is 2. The summed E-state index contributed by atoms with van der Waals surface area (Å²) in [6.45, 7) is -0.0652.